The van der Waals surface area contributed by atoms with Gasteiger partial charge in [0.1, 0.15) is 18.5 Å². The van der Waals surface area contributed by atoms with Gasteiger partial charge in [0.05, 0.1) is 0 Å². The largest absolute Gasteiger partial charge is 0.355 e. The molecule has 3 aromatic rings. The molecule has 0 radical (unpaired) electrons. The van der Waals surface area contributed by atoms with Crippen molar-refractivity contribution in [3.63, 3.8) is 0 Å². The number of carbonyl (C=O) groups excluding carboxylic acids is 1. The highest BCUT2D eigenvalue weighted by molar-refractivity contribution is 5.91. The van der Waals surface area contributed by atoms with Gasteiger partial charge in [-0.2, -0.15) is 5.10 Å². The SMILES string of the molecule is O=C(Nc1cc(=O)[nH]c(=O)[nH]1)C1CCN(c2ccc(-n3cncn3)nn2)CC1. The molecule has 1 aliphatic rings. The summed E-state index contributed by atoms with van der Waals surface area (Å²) >= 11 is 0. The summed E-state index contributed by atoms with van der Waals surface area (Å²) in [6, 6.07) is 4.80. The molecule has 0 bridgehead atoms. The van der Waals surface area contributed by atoms with Crippen LogP contribution in [0.4, 0.5) is 11.6 Å². The van der Waals surface area contributed by atoms with E-state index in [2.05, 4.69) is 40.5 Å². The van der Waals surface area contributed by atoms with E-state index in [0.717, 1.165) is 11.9 Å². The molecule has 3 aromatic heterocycles. The van der Waals surface area contributed by atoms with E-state index in [1.54, 1.807) is 12.4 Å². The molecule has 28 heavy (non-hydrogen) atoms. The molecule has 0 saturated carbocycles. The Hall–Kier alpha value is -3.83. The Kier molecular flexibility index (Phi) is 4.66. The van der Waals surface area contributed by atoms with Crippen LogP contribution in [-0.4, -0.2) is 53.9 Å². The van der Waals surface area contributed by atoms with Crippen molar-refractivity contribution in [2.75, 3.05) is 23.3 Å². The Morgan fingerprint density at radius 1 is 1.11 bits per heavy atom. The molecule has 0 spiro atoms. The fourth-order valence-corrected chi connectivity index (χ4v) is 3.08. The first-order chi connectivity index (χ1) is 13.6. The number of carbonyl (C=O) groups is 1. The van der Waals surface area contributed by atoms with E-state index in [1.165, 1.54) is 11.0 Å². The maximum Gasteiger partial charge on any atom is 0.327 e. The number of rotatable bonds is 4. The van der Waals surface area contributed by atoms with E-state index >= 15 is 0 Å². The second-order valence-corrected chi connectivity index (χ2v) is 6.34. The van der Waals surface area contributed by atoms with Crippen LogP contribution in [0.1, 0.15) is 12.8 Å². The number of H-pyrrole nitrogens is 2. The fourth-order valence-electron chi connectivity index (χ4n) is 3.08. The van der Waals surface area contributed by atoms with Gasteiger partial charge in [0.15, 0.2) is 11.6 Å². The van der Waals surface area contributed by atoms with Crippen molar-refractivity contribution in [1.82, 2.24) is 34.9 Å². The predicted octanol–water partition coefficient (Wildman–Crippen LogP) is -0.711. The van der Waals surface area contributed by atoms with Gasteiger partial charge < -0.3 is 10.2 Å². The zero-order valence-electron chi connectivity index (χ0n) is 14.7. The van der Waals surface area contributed by atoms with Crippen molar-refractivity contribution >= 4 is 17.5 Å². The molecular formula is C16H17N9O3. The molecule has 3 N–H and O–H groups in total. The van der Waals surface area contributed by atoms with Crippen LogP contribution in [0.15, 0.2) is 40.4 Å². The summed E-state index contributed by atoms with van der Waals surface area (Å²) in [4.78, 5) is 45.4. The molecule has 4 rings (SSSR count). The molecule has 1 saturated heterocycles. The normalized spacial score (nSPS) is 14.8. The first-order valence-corrected chi connectivity index (χ1v) is 8.67. The Bertz CT molecular complexity index is 1040. The lowest BCUT2D eigenvalue weighted by Crippen LogP contribution is -2.39. The van der Waals surface area contributed by atoms with Crippen LogP contribution < -0.4 is 21.5 Å². The third-order valence-corrected chi connectivity index (χ3v) is 4.50. The lowest BCUT2D eigenvalue weighted by atomic mass is 9.96. The van der Waals surface area contributed by atoms with Gasteiger partial charge in [-0.1, -0.05) is 0 Å². The van der Waals surface area contributed by atoms with Gasteiger partial charge in [-0.25, -0.2) is 14.5 Å². The average Bonchev–Trinajstić information content (AvgIpc) is 3.22. The summed E-state index contributed by atoms with van der Waals surface area (Å²) in [7, 11) is 0. The van der Waals surface area contributed by atoms with Crippen LogP contribution in [0.25, 0.3) is 5.82 Å². The lowest BCUT2D eigenvalue weighted by molar-refractivity contribution is -0.120. The molecular weight excluding hydrogens is 366 g/mol. The number of piperidine rings is 1. The van der Waals surface area contributed by atoms with Crippen molar-refractivity contribution in [2.24, 2.45) is 5.92 Å². The molecule has 4 heterocycles. The first kappa shape index (κ1) is 17.6. The van der Waals surface area contributed by atoms with Crippen LogP contribution in [0.2, 0.25) is 0 Å². The van der Waals surface area contributed by atoms with Crippen molar-refractivity contribution in [2.45, 2.75) is 12.8 Å². The molecule has 12 heteroatoms. The average molecular weight is 383 g/mol. The summed E-state index contributed by atoms with van der Waals surface area (Å²) < 4.78 is 1.52. The smallest absolute Gasteiger partial charge is 0.327 e. The zero-order chi connectivity index (χ0) is 19.5. The Morgan fingerprint density at radius 2 is 1.86 bits per heavy atom. The van der Waals surface area contributed by atoms with Gasteiger partial charge in [0, 0.05) is 25.1 Å². The topological polar surface area (TPSA) is 155 Å². The lowest BCUT2D eigenvalue weighted by Gasteiger charge is -2.31. The molecule has 1 aliphatic heterocycles. The number of aromatic nitrogens is 7. The highest BCUT2D eigenvalue weighted by atomic mass is 16.2. The van der Waals surface area contributed by atoms with Gasteiger partial charge >= 0.3 is 5.69 Å². The number of aromatic amines is 2. The van der Waals surface area contributed by atoms with Crippen molar-refractivity contribution in [3.8, 4) is 5.82 Å². The second kappa shape index (κ2) is 7.42. The minimum Gasteiger partial charge on any atom is -0.355 e. The maximum absolute atomic E-state index is 12.4. The third-order valence-electron chi connectivity index (χ3n) is 4.50. The van der Waals surface area contributed by atoms with E-state index in [1.807, 2.05) is 6.07 Å². The summed E-state index contributed by atoms with van der Waals surface area (Å²) in [6.45, 7) is 1.28. The molecule has 1 fully saturated rings. The van der Waals surface area contributed by atoms with Crippen LogP contribution in [0.5, 0.6) is 0 Å². The number of nitrogens with zero attached hydrogens (tertiary/aromatic N) is 6. The van der Waals surface area contributed by atoms with Crippen molar-refractivity contribution < 1.29 is 4.79 Å². The van der Waals surface area contributed by atoms with E-state index in [0.29, 0.717) is 31.7 Å². The van der Waals surface area contributed by atoms with Crippen LogP contribution >= 0.6 is 0 Å². The van der Waals surface area contributed by atoms with Gasteiger partial charge in [0.2, 0.25) is 5.91 Å². The van der Waals surface area contributed by atoms with E-state index in [4.69, 9.17) is 0 Å². The molecule has 144 valence electrons. The van der Waals surface area contributed by atoms with Gasteiger partial charge in [0.25, 0.3) is 5.56 Å². The van der Waals surface area contributed by atoms with Crippen LogP contribution in [-0.2, 0) is 4.79 Å². The standard InChI is InChI=1S/C16H17N9O3/c26-14-7-11(20-16(28)21-14)19-15(27)10-3-5-24(6-4-10)12-1-2-13(23-22-12)25-9-17-8-18-25/h1-2,7-10H,3-6H2,(H3,19,20,21,26,27,28). The van der Waals surface area contributed by atoms with Crippen molar-refractivity contribution in [1.29, 1.82) is 0 Å². The molecule has 1 amide bonds. The fraction of sp³-hybridized carbons (Fsp3) is 0.312. The number of amides is 1. The summed E-state index contributed by atoms with van der Waals surface area (Å²) in [5, 5.41) is 15.0. The minimum absolute atomic E-state index is 0.0933. The molecule has 0 aliphatic carbocycles. The third kappa shape index (κ3) is 3.79. The zero-order valence-corrected chi connectivity index (χ0v) is 14.7. The van der Waals surface area contributed by atoms with Crippen molar-refractivity contribution in [3.05, 3.63) is 51.7 Å². The van der Waals surface area contributed by atoms with E-state index < -0.39 is 11.2 Å². The van der Waals surface area contributed by atoms with Crippen LogP contribution in [0.3, 0.4) is 0 Å². The van der Waals surface area contributed by atoms with Crippen LogP contribution in [0, 0.1) is 5.92 Å². The summed E-state index contributed by atoms with van der Waals surface area (Å²) in [6.07, 6.45) is 4.20. The van der Waals surface area contributed by atoms with Gasteiger partial charge in [-0.3, -0.25) is 19.6 Å². The van der Waals surface area contributed by atoms with Gasteiger partial charge in [-0.15, -0.1) is 10.2 Å². The number of hydrogen-bond acceptors (Lipinski definition) is 8. The molecule has 0 unspecified atom stereocenters. The highest BCUT2D eigenvalue weighted by Crippen LogP contribution is 2.22. The van der Waals surface area contributed by atoms with E-state index in [9.17, 15) is 14.4 Å². The summed E-state index contributed by atoms with van der Waals surface area (Å²) in [5.74, 6) is 0.940. The summed E-state index contributed by atoms with van der Waals surface area (Å²) in [5.41, 5.74) is -1.23. The second-order valence-electron chi connectivity index (χ2n) is 6.34. The van der Waals surface area contributed by atoms with Gasteiger partial charge in [-0.05, 0) is 25.0 Å². The number of hydrogen-bond donors (Lipinski definition) is 3. The number of anilines is 2. The Balaban J connectivity index is 1.35. The minimum atomic E-state index is -0.662. The predicted molar refractivity (Wildman–Crippen MR) is 98.2 cm³/mol. The maximum atomic E-state index is 12.4. The molecule has 0 aromatic carbocycles. The Morgan fingerprint density at radius 3 is 2.50 bits per heavy atom. The first-order valence-electron chi connectivity index (χ1n) is 8.67. The molecule has 0 atom stereocenters. The number of nitrogens with one attached hydrogen (secondary N) is 3. The monoisotopic (exact) mass is 383 g/mol. The Labute approximate surface area is 157 Å². The quantitative estimate of drug-likeness (QED) is 0.534. The van der Waals surface area contributed by atoms with E-state index in [-0.39, 0.29) is 17.6 Å². The highest BCUT2D eigenvalue weighted by Gasteiger charge is 2.26. The molecule has 12 nitrogen and oxygen atoms in total.